The van der Waals surface area contributed by atoms with Gasteiger partial charge in [-0.05, 0) is 50.3 Å². The summed E-state index contributed by atoms with van der Waals surface area (Å²) in [7, 11) is 1.77. The number of fused-ring (bicyclic) bond motifs is 3. The fourth-order valence-corrected chi connectivity index (χ4v) is 4.46. The van der Waals surface area contributed by atoms with E-state index in [0.717, 1.165) is 48.7 Å². The van der Waals surface area contributed by atoms with Crippen LogP contribution in [-0.4, -0.2) is 51.4 Å². The van der Waals surface area contributed by atoms with E-state index in [1.807, 2.05) is 17.6 Å². The average Bonchev–Trinajstić information content (AvgIpc) is 3.34. The molecule has 3 aromatic heterocycles. The number of amides is 1. The van der Waals surface area contributed by atoms with Gasteiger partial charge in [0.15, 0.2) is 0 Å². The fraction of sp³-hybridized carbons (Fsp3) is 0.524. The van der Waals surface area contributed by atoms with Gasteiger partial charge in [0.2, 0.25) is 5.91 Å². The monoisotopic (exact) mass is 434 g/mol. The molecule has 31 heavy (non-hydrogen) atoms. The van der Waals surface area contributed by atoms with Gasteiger partial charge in [0.1, 0.15) is 23.5 Å². The normalized spacial score (nSPS) is 20.1. The van der Waals surface area contributed by atoms with Crippen LogP contribution < -0.4 is 5.32 Å². The maximum atomic E-state index is 12.5. The number of carbonyl (C=O) groups is 1. The van der Waals surface area contributed by atoms with E-state index in [0.29, 0.717) is 17.3 Å². The molecular formula is C21H25F3N6O. The molecule has 0 aromatic carbocycles. The first kappa shape index (κ1) is 21.3. The van der Waals surface area contributed by atoms with Crippen LogP contribution in [0.2, 0.25) is 0 Å². The lowest BCUT2D eigenvalue weighted by Gasteiger charge is -2.30. The number of nitrogens with one attached hydrogen (secondary N) is 2. The van der Waals surface area contributed by atoms with Crippen LogP contribution in [0, 0.1) is 5.92 Å². The quantitative estimate of drug-likeness (QED) is 0.576. The molecule has 3 aromatic rings. The van der Waals surface area contributed by atoms with Crippen molar-refractivity contribution >= 4 is 34.2 Å². The van der Waals surface area contributed by atoms with Gasteiger partial charge in [0, 0.05) is 24.7 Å². The second kappa shape index (κ2) is 8.68. The van der Waals surface area contributed by atoms with Crippen LogP contribution in [0.5, 0.6) is 0 Å². The molecular weight excluding hydrogens is 409 g/mol. The highest BCUT2D eigenvalue weighted by Crippen LogP contribution is 2.37. The molecule has 2 N–H and O–H groups in total. The van der Waals surface area contributed by atoms with E-state index in [2.05, 4.69) is 24.5 Å². The number of halogens is 3. The lowest BCUT2D eigenvalue weighted by atomic mass is 9.84. The molecule has 0 radical (unpaired) electrons. The molecule has 0 unspecified atom stereocenters. The largest absolute Gasteiger partial charge is 0.405 e. The van der Waals surface area contributed by atoms with Gasteiger partial charge in [-0.2, -0.15) is 13.2 Å². The number of hydrogen-bond acceptors (Lipinski definition) is 4. The summed E-state index contributed by atoms with van der Waals surface area (Å²) in [5.74, 6) is 0.353. The second-order valence-corrected chi connectivity index (χ2v) is 8.05. The summed E-state index contributed by atoms with van der Waals surface area (Å²) in [6.45, 7) is -1.35. The maximum Gasteiger partial charge on any atom is 0.405 e. The van der Waals surface area contributed by atoms with Gasteiger partial charge in [-0.3, -0.25) is 4.79 Å². The highest BCUT2D eigenvalue weighted by molar-refractivity contribution is 6.01. The first-order valence-corrected chi connectivity index (χ1v) is 10.4. The predicted molar refractivity (Wildman–Crippen MR) is 112 cm³/mol. The van der Waals surface area contributed by atoms with Gasteiger partial charge < -0.3 is 19.9 Å². The van der Waals surface area contributed by atoms with E-state index in [9.17, 15) is 18.0 Å². The Morgan fingerprint density at radius 1 is 1.35 bits per heavy atom. The molecule has 166 valence electrons. The number of nitrogens with zero attached hydrogens (tertiary/aromatic N) is 4. The van der Waals surface area contributed by atoms with E-state index in [4.69, 9.17) is 0 Å². The highest BCUT2D eigenvalue weighted by atomic mass is 19.4. The molecule has 1 aliphatic rings. The summed E-state index contributed by atoms with van der Waals surface area (Å²) in [4.78, 5) is 28.4. The zero-order chi connectivity index (χ0) is 22.0. The fourth-order valence-electron chi connectivity index (χ4n) is 4.46. The molecule has 1 aliphatic carbocycles. The van der Waals surface area contributed by atoms with Crippen LogP contribution >= 0.6 is 0 Å². The first-order valence-electron chi connectivity index (χ1n) is 10.4. The van der Waals surface area contributed by atoms with Crippen molar-refractivity contribution in [2.45, 2.75) is 50.7 Å². The number of rotatable bonds is 6. The molecule has 0 spiro atoms. The van der Waals surface area contributed by atoms with Crippen molar-refractivity contribution < 1.29 is 18.0 Å². The Morgan fingerprint density at radius 2 is 2.13 bits per heavy atom. The Balaban J connectivity index is 1.65. The van der Waals surface area contributed by atoms with Crippen LogP contribution in [-0.2, 0) is 11.2 Å². The molecule has 3 heterocycles. The minimum Gasteiger partial charge on any atom is -0.347 e. The number of aromatic nitrogens is 4. The molecule has 0 bridgehead atoms. The van der Waals surface area contributed by atoms with Crippen molar-refractivity contribution in [2.75, 3.05) is 13.6 Å². The van der Waals surface area contributed by atoms with Crippen LogP contribution in [0.3, 0.4) is 0 Å². The zero-order valence-corrected chi connectivity index (χ0v) is 17.2. The van der Waals surface area contributed by atoms with Crippen LogP contribution in [0.1, 0.15) is 44.0 Å². The van der Waals surface area contributed by atoms with Crippen molar-refractivity contribution in [1.82, 2.24) is 24.8 Å². The SMILES string of the molecule is CN=CCC1CCC(n2c(CC(=O)NCC(F)(F)F)nc3cnc4[nH]ccc4c32)CC1. The van der Waals surface area contributed by atoms with Crippen LogP contribution in [0.15, 0.2) is 23.5 Å². The standard InChI is InChI=1S/C21H25F3N6O/c1-25-8-6-13-2-4-14(5-3-13)30-17(10-18(31)28-12-21(22,23)24)29-16-11-27-20-15(19(16)30)7-9-26-20/h7-9,11,13-14H,2-6,10,12H2,1H3,(H,26,27)(H,28,31). The van der Waals surface area contributed by atoms with Crippen LogP contribution in [0.4, 0.5) is 13.2 Å². The first-order chi connectivity index (χ1) is 14.9. The van der Waals surface area contributed by atoms with Crippen molar-refractivity contribution in [3.8, 4) is 0 Å². The Hall–Kier alpha value is -2.91. The summed E-state index contributed by atoms with van der Waals surface area (Å²) in [5.41, 5.74) is 2.24. The van der Waals surface area contributed by atoms with Gasteiger partial charge in [0.25, 0.3) is 0 Å². The van der Waals surface area contributed by atoms with Gasteiger partial charge >= 0.3 is 6.18 Å². The number of aromatic amines is 1. The third kappa shape index (κ3) is 4.72. The van der Waals surface area contributed by atoms with Crippen molar-refractivity contribution in [3.63, 3.8) is 0 Å². The number of hydrogen-bond donors (Lipinski definition) is 2. The average molecular weight is 434 g/mol. The molecule has 1 fully saturated rings. The van der Waals surface area contributed by atoms with E-state index in [-0.39, 0.29) is 12.5 Å². The lowest BCUT2D eigenvalue weighted by Crippen LogP contribution is -2.35. The van der Waals surface area contributed by atoms with Gasteiger partial charge in [-0.1, -0.05) is 0 Å². The second-order valence-electron chi connectivity index (χ2n) is 8.05. The summed E-state index contributed by atoms with van der Waals surface area (Å²) in [6.07, 6.45) is 5.56. The summed E-state index contributed by atoms with van der Waals surface area (Å²) >= 11 is 0. The molecule has 0 atom stereocenters. The number of aliphatic imine (C=N–C) groups is 1. The highest BCUT2D eigenvalue weighted by Gasteiger charge is 2.30. The van der Waals surface area contributed by atoms with E-state index < -0.39 is 18.6 Å². The minimum atomic E-state index is -4.45. The zero-order valence-electron chi connectivity index (χ0n) is 17.2. The lowest BCUT2D eigenvalue weighted by molar-refractivity contribution is -0.138. The van der Waals surface area contributed by atoms with E-state index in [1.165, 1.54) is 0 Å². The number of pyridine rings is 1. The van der Waals surface area contributed by atoms with E-state index in [1.54, 1.807) is 19.4 Å². The molecule has 4 rings (SSSR count). The number of H-pyrrole nitrogens is 1. The topological polar surface area (TPSA) is 88.0 Å². The van der Waals surface area contributed by atoms with Crippen molar-refractivity contribution in [3.05, 3.63) is 24.3 Å². The number of carbonyl (C=O) groups excluding carboxylic acids is 1. The maximum absolute atomic E-state index is 12.5. The van der Waals surface area contributed by atoms with Crippen molar-refractivity contribution in [1.29, 1.82) is 0 Å². The predicted octanol–water partition coefficient (Wildman–Crippen LogP) is 3.96. The summed E-state index contributed by atoms with van der Waals surface area (Å²) < 4.78 is 39.6. The number of alkyl halides is 3. The Morgan fingerprint density at radius 3 is 2.84 bits per heavy atom. The van der Waals surface area contributed by atoms with Gasteiger partial charge in [0.05, 0.1) is 18.1 Å². The molecule has 1 amide bonds. The Bertz CT molecular complexity index is 1090. The molecule has 7 nitrogen and oxygen atoms in total. The summed E-state index contributed by atoms with van der Waals surface area (Å²) in [6, 6.07) is 2.05. The third-order valence-corrected chi connectivity index (χ3v) is 5.91. The minimum absolute atomic E-state index is 0.130. The molecule has 10 heteroatoms. The van der Waals surface area contributed by atoms with E-state index >= 15 is 0 Å². The molecule has 0 saturated heterocycles. The summed E-state index contributed by atoms with van der Waals surface area (Å²) in [5, 5.41) is 2.85. The molecule has 0 aliphatic heterocycles. The van der Waals surface area contributed by atoms with Crippen LogP contribution in [0.25, 0.3) is 22.1 Å². The Labute approximate surface area is 177 Å². The Kier molecular flexibility index (Phi) is 5.97. The smallest absolute Gasteiger partial charge is 0.347 e. The van der Waals surface area contributed by atoms with Gasteiger partial charge in [-0.15, -0.1) is 0 Å². The number of imidazole rings is 1. The van der Waals surface area contributed by atoms with Gasteiger partial charge in [-0.25, -0.2) is 9.97 Å². The van der Waals surface area contributed by atoms with Crippen molar-refractivity contribution in [2.24, 2.45) is 10.9 Å². The third-order valence-electron chi connectivity index (χ3n) is 5.91. The molecule has 1 saturated carbocycles.